The molecule has 3 nitrogen and oxygen atoms in total. The van der Waals surface area contributed by atoms with E-state index < -0.39 is 5.82 Å². The number of nitrogens with two attached hydrogens (primary N) is 1. The topological polar surface area (TPSA) is 48.1 Å². The van der Waals surface area contributed by atoms with E-state index in [-0.39, 0.29) is 11.6 Å². The largest absolute Gasteiger partial charge is 0.486 e. The number of halogens is 2. The summed E-state index contributed by atoms with van der Waals surface area (Å²) in [6, 6.07) is 7.35. The first-order valence-corrected chi connectivity index (χ1v) is 5.31. The predicted molar refractivity (Wildman–Crippen MR) is 64.4 cm³/mol. The minimum Gasteiger partial charge on any atom is -0.486 e. The molecule has 17 heavy (non-hydrogen) atoms. The maximum Gasteiger partial charge on any atom is 0.138 e. The monoisotopic (exact) mass is 252 g/mol. The van der Waals surface area contributed by atoms with Crippen LogP contribution in [-0.2, 0) is 6.61 Å². The second-order valence-corrected chi connectivity index (χ2v) is 3.85. The number of ether oxygens (including phenoxy) is 1. The fraction of sp³-hybridized carbons (Fsp3) is 0.0833. The van der Waals surface area contributed by atoms with Gasteiger partial charge in [0.2, 0.25) is 0 Å². The van der Waals surface area contributed by atoms with Crippen LogP contribution in [0, 0.1) is 5.82 Å². The molecule has 0 aliphatic heterocycles. The van der Waals surface area contributed by atoms with Crippen LogP contribution in [0.2, 0.25) is 5.02 Å². The number of nitrogens with zero attached hydrogens (tertiary/aromatic N) is 1. The summed E-state index contributed by atoms with van der Waals surface area (Å²) in [5, 5.41) is 0.230. The van der Waals surface area contributed by atoms with Crippen LogP contribution >= 0.6 is 11.6 Å². The van der Waals surface area contributed by atoms with Gasteiger partial charge in [-0.1, -0.05) is 11.6 Å². The van der Waals surface area contributed by atoms with Crippen LogP contribution in [0.3, 0.4) is 0 Å². The summed E-state index contributed by atoms with van der Waals surface area (Å²) in [6.07, 6.45) is 1.60. The molecule has 0 fully saturated rings. The molecule has 0 saturated heterocycles. The third kappa shape index (κ3) is 3.07. The van der Waals surface area contributed by atoms with E-state index in [9.17, 15) is 4.39 Å². The lowest BCUT2D eigenvalue weighted by molar-refractivity contribution is 0.301. The van der Waals surface area contributed by atoms with E-state index in [2.05, 4.69) is 4.98 Å². The highest BCUT2D eigenvalue weighted by Crippen LogP contribution is 2.25. The highest BCUT2D eigenvalue weighted by Gasteiger charge is 2.04. The first-order valence-electron chi connectivity index (χ1n) is 4.93. The fourth-order valence-electron chi connectivity index (χ4n) is 1.32. The minimum atomic E-state index is -0.399. The molecule has 1 heterocycles. The molecule has 0 radical (unpaired) electrons. The number of pyridine rings is 1. The summed E-state index contributed by atoms with van der Waals surface area (Å²) >= 11 is 5.82. The molecule has 0 bridgehead atoms. The average Bonchev–Trinajstić information content (AvgIpc) is 2.28. The predicted octanol–water partition coefficient (Wildman–Crippen LogP) is 3.04. The highest BCUT2D eigenvalue weighted by atomic mass is 35.5. The highest BCUT2D eigenvalue weighted by molar-refractivity contribution is 6.32. The molecule has 0 saturated carbocycles. The Labute approximate surface area is 103 Å². The fourth-order valence-corrected chi connectivity index (χ4v) is 1.54. The summed E-state index contributed by atoms with van der Waals surface area (Å²) in [5.74, 6) is 0.0155. The van der Waals surface area contributed by atoms with Crippen molar-refractivity contribution in [3.8, 4) is 5.75 Å². The van der Waals surface area contributed by atoms with Crippen LogP contribution in [0.25, 0.3) is 0 Å². The zero-order valence-electron chi connectivity index (χ0n) is 8.86. The van der Waals surface area contributed by atoms with E-state index in [1.807, 2.05) is 0 Å². The van der Waals surface area contributed by atoms with Crippen molar-refractivity contribution in [2.45, 2.75) is 6.61 Å². The van der Waals surface area contributed by atoms with Crippen molar-refractivity contribution in [3.05, 3.63) is 53.1 Å². The molecule has 2 rings (SSSR count). The Morgan fingerprint density at radius 3 is 2.82 bits per heavy atom. The van der Waals surface area contributed by atoms with Crippen molar-refractivity contribution in [2.75, 3.05) is 5.73 Å². The molecule has 5 heteroatoms. The Morgan fingerprint density at radius 2 is 2.12 bits per heavy atom. The summed E-state index contributed by atoms with van der Waals surface area (Å²) in [5.41, 5.74) is 6.91. The van der Waals surface area contributed by atoms with Gasteiger partial charge >= 0.3 is 0 Å². The van der Waals surface area contributed by atoms with Gasteiger partial charge in [0.15, 0.2) is 0 Å². The molecule has 0 aliphatic carbocycles. The molecular weight excluding hydrogens is 243 g/mol. The maximum absolute atomic E-state index is 12.8. The van der Waals surface area contributed by atoms with Gasteiger partial charge in [-0.15, -0.1) is 0 Å². The number of benzene rings is 1. The Hall–Kier alpha value is -1.81. The van der Waals surface area contributed by atoms with Crippen molar-refractivity contribution in [1.29, 1.82) is 0 Å². The van der Waals surface area contributed by atoms with Crippen molar-refractivity contribution in [2.24, 2.45) is 0 Å². The lowest BCUT2D eigenvalue weighted by Gasteiger charge is -2.07. The van der Waals surface area contributed by atoms with Crippen LogP contribution < -0.4 is 10.5 Å². The Kier molecular flexibility index (Phi) is 3.44. The molecule has 0 amide bonds. The molecule has 0 spiro atoms. The second kappa shape index (κ2) is 5.01. The molecule has 1 aromatic heterocycles. The quantitative estimate of drug-likeness (QED) is 0.913. The Morgan fingerprint density at radius 1 is 1.29 bits per heavy atom. The number of anilines is 1. The van der Waals surface area contributed by atoms with Crippen LogP contribution in [0.15, 0.2) is 36.5 Å². The van der Waals surface area contributed by atoms with E-state index in [1.54, 1.807) is 18.3 Å². The van der Waals surface area contributed by atoms with Crippen molar-refractivity contribution in [3.63, 3.8) is 0 Å². The summed E-state index contributed by atoms with van der Waals surface area (Å²) < 4.78 is 18.2. The van der Waals surface area contributed by atoms with Crippen LogP contribution in [0.4, 0.5) is 10.1 Å². The summed E-state index contributed by atoms with van der Waals surface area (Å²) in [6.45, 7) is 0.233. The molecular formula is C12H10ClFN2O. The van der Waals surface area contributed by atoms with Gasteiger partial charge in [-0.25, -0.2) is 4.39 Å². The minimum absolute atomic E-state index is 0.230. The first kappa shape index (κ1) is 11.7. The number of aromatic nitrogens is 1. The van der Waals surface area contributed by atoms with Gasteiger partial charge in [-0.2, -0.15) is 0 Å². The maximum atomic E-state index is 12.8. The molecule has 0 atom stereocenters. The zero-order valence-corrected chi connectivity index (χ0v) is 9.62. The lowest BCUT2D eigenvalue weighted by Crippen LogP contribution is -1.99. The van der Waals surface area contributed by atoms with Gasteiger partial charge in [-0.05, 0) is 30.3 Å². The lowest BCUT2D eigenvalue weighted by atomic mass is 10.3. The van der Waals surface area contributed by atoms with E-state index in [4.69, 9.17) is 22.1 Å². The zero-order chi connectivity index (χ0) is 12.3. The SMILES string of the molecule is Nc1ccnc(COc2ccc(F)cc2Cl)c1. The van der Waals surface area contributed by atoms with Crippen molar-refractivity contribution < 1.29 is 9.13 Å². The van der Waals surface area contributed by atoms with E-state index in [0.29, 0.717) is 17.1 Å². The van der Waals surface area contributed by atoms with Crippen LogP contribution in [0.5, 0.6) is 5.75 Å². The van der Waals surface area contributed by atoms with Crippen LogP contribution in [-0.4, -0.2) is 4.98 Å². The van der Waals surface area contributed by atoms with Gasteiger partial charge in [0.1, 0.15) is 18.2 Å². The summed E-state index contributed by atoms with van der Waals surface area (Å²) in [4.78, 5) is 4.08. The smallest absolute Gasteiger partial charge is 0.138 e. The molecule has 2 N–H and O–H groups in total. The third-order valence-electron chi connectivity index (χ3n) is 2.11. The normalized spacial score (nSPS) is 10.2. The molecule has 0 aliphatic rings. The average molecular weight is 253 g/mol. The van der Waals surface area contributed by atoms with E-state index >= 15 is 0 Å². The molecule has 2 aromatic rings. The van der Waals surface area contributed by atoms with E-state index in [1.165, 1.54) is 18.2 Å². The number of nitrogen functional groups attached to an aromatic ring is 1. The van der Waals surface area contributed by atoms with Gasteiger partial charge in [-0.3, -0.25) is 4.98 Å². The van der Waals surface area contributed by atoms with E-state index in [0.717, 1.165) is 0 Å². The molecule has 1 aromatic carbocycles. The second-order valence-electron chi connectivity index (χ2n) is 3.44. The van der Waals surface area contributed by atoms with Gasteiger partial charge in [0.25, 0.3) is 0 Å². The number of rotatable bonds is 3. The van der Waals surface area contributed by atoms with Gasteiger partial charge in [0, 0.05) is 11.9 Å². The Bertz CT molecular complexity index is 534. The third-order valence-corrected chi connectivity index (χ3v) is 2.41. The van der Waals surface area contributed by atoms with Crippen molar-refractivity contribution in [1.82, 2.24) is 4.98 Å². The van der Waals surface area contributed by atoms with Crippen molar-refractivity contribution >= 4 is 17.3 Å². The molecule has 0 unspecified atom stereocenters. The Balaban J connectivity index is 2.07. The molecule has 88 valence electrons. The first-order chi connectivity index (χ1) is 8.15. The summed E-state index contributed by atoms with van der Waals surface area (Å²) in [7, 11) is 0. The number of hydrogen-bond donors (Lipinski definition) is 1. The van der Waals surface area contributed by atoms with Gasteiger partial charge in [0.05, 0.1) is 10.7 Å². The van der Waals surface area contributed by atoms with Crippen LogP contribution in [0.1, 0.15) is 5.69 Å². The standard InChI is InChI=1S/C12H10ClFN2O/c13-11-5-8(14)1-2-12(11)17-7-10-6-9(15)3-4-16-10/h1-6H,7H2,(H2,15,16). The number of hydrogen-bond acceptors (Lipinski definition) is 3. The van der Waals surface area contributed by atoms with Gasteiger partial charge < -0.3 is 10.5 Å².